The summed E-state index contributed by atoms with van der Waals surface area (Å²) in [5, 5.41) is 6.13. The fourth-order valence-corrected chi connectivity index (χ4v) is 2.45. The van der Waals surface area contributed by atoms with Crippen LogP contribution in [0.2, 0.25) is 0 Å². The van der Waals surface area contributed by atoms with Crippen molar-refractivity contribution in [1.29, 1.82) is 0 Å². The predicted octanol–water partition coefficient (Wildman–Crippen LogP) is 2.50. The van der Waals surface area contributed by atoms with Crippen LogP contribution in [0.3, 0.4) is 0 Å². The maximum absolute atomic E-state index is 12.1. The van der Waals surface area contributed by atoms with Gasteiger partial charge in [-0.15, -0.1) is 12.4 Å². The van der Waals surface area contributed by atoms with Crippen LogP contribution in [0.4, 0.5) is 5.69 Å². The molecule has 1 aromatic carbocycles. The van der Waals surface area contributed by atoms with E-state index in [1.54, 1.807) is 12.4 Å². The van der Waals surface area contributed by atoms with Gasteiger partial charge in [0.25, 0.3) is 0 Å². The van der Waals surface area contributed by atoms with E-state index in [1.165, 1.54) is 0 Å². The van der Waals surface area contributed by atoms with Gasteiger partial charge < -0.3 is 10.6 Å². The molecule has 2 heterocycles. The third-order valence-electron chi connectivity index (χ3n) is 3.62. The second-order valence-electron chi connectivity index (χ2n) is 5.19. The van der Waals surface area contributed by atoms with Crippen molar-refractivity contribution in [2.45, 2.75) is 12.8 Å². The fourth-order valence-electron chi connectivity index (χ4n) is 2.45. The van der Waals surface area contributed by atoms with Crippen LogP contribution >= 0.6 is 12.4 Å². The van der Waals surface area contributed by atoms with Gasteiger partial charge in [-0.05, 0) is 19.4 Å². The molecular weight excluding hydrogens is 300 g/mol. The molecule has 116 valence electrons. The van der Waals surface area contributed by atoms with E-state index in [1.807, 2.05) is 30.3 Å². The molecule has 22 heavy (non-hydrogen) atoms. The van der Waals surface area contributed by atoms with Crippen molar-refractivity contribution in [3.63, 3.8) is 0 Å². The lowest BCUT2D eigenvalue weighted by molar-refractivity contribution is -0.120. The number of halogens is 1. The molecule has 2 aromatic rings. The SMILES string of the molecule is Cl.O=C(Nc1cnc(-c2ccccc2)nc1)C1CCCNC1. The molecule has 0 aliphatic carbocycles. The molecule has 1 aromatic heterocycles. The average molecular weight is 319 g/mol. The van der Waals surface area contributed by atoms with Gasteiger partial charge in [-0.3, -0.25) is 4.79 Å². The van der Waals surface area contributed by atoms with Gasteiger partial charge in [0.15, 0.2) is 5.82 Å². The lowest BCUT2D eigenvalue weighted by Gasteiger charge is -2.21. The van der Waals surface area contributed by atoms with Gasteiger partial charge in [-0.1, -0.05) is 30.3 Å². The number of anilines is 1. The zero-order valence-electron chi connectivity index (χ0n) is 12.2. The van der Waals surface area contributed by atoms with Crippen LogP contribution in [0.1, 0.15) is 12.8 Å². The second kappa shape index (κ2) is 7.87. The van der Waals surface area contributed by atoms with Crippen molar-refractivity contribution in [3.8, 4) is 11.4 Å². The molecule has 0 bridgehead atoms. The van der Waals surface area contributed by atoms with Gasteiger partial charge in [0.05, 0.1) is 24.0 Å². The Bertz CT molecular complexity index is 597. The number of nitrogens with zero attached hydrogens (tertiary/aromatic N) is 2. The summed E-state index contributed by atoms with van der Waals surface area (Å²) in [6, 6.07) is 9.77. The molecule has 0 spiro atoms. The highest BCUT2D eigenvalue weighted by molar-refractivity contribution is 5.92. The molecule has 0 saturated carbocycles. The summed E-state index contributed by atoms with van der Waals surface area (Å²) in [5.74, 6) is 0.735. The first kappa shape index (κ1) is 16.4. The molecule has 2 N–H and O–H groups in total. The number of carbonyl (C=O) groups is 1. The summed E-state index contributed by atoms with van der Waals surface area (Å²) in [6.45, 7) is 1.74. The van der Waals surface area contributed by atoms with E-state index in [9.17, 15) is 4.79 Å². The monoisotopic (exact) mass is 318 g/mol. The lowest BCUT2D eigenvalue weighted by atomic mass is 9.99. The quantitative estimate of drug-likeness (QED) is 0.912. The van der Waals surface area contributed by atoms with Crippen LogP contribution < -0.4 is 10.6 Å². The van der Waals surface area contributed by atoms with E-state index < -0.39 is 0 Å². The fraction of sp³-hybridized carbons (Fsp3) is 0.312. The highest BCUT2D eigenvalue weighted by Gasteiger charge is 2.20. The zero-order chi connectivity index (χ0) is 14.5. The zero-order valence-corrected chi connectivity index (χ0v) is 13.0. The number of hydrogen-bond acceptors (Lipinski definition) is 4. The van der Waals surface area contributed by atoms with Gasteiger partial charge in [-0.25, -0.2) is 9.97 Å². The number of piperidine rings is 1. The van der Waals surface area contributed by atoms with E-state index in [0.29, 0.717) is 11.5 Å². The van der Waals surface area contributed by atoms with Gasteiger partial charge in [-0.2, -0.15) is 0 Å². The topological polar surface area (TPSA) is 66.9 Å². The third kappa shape index (κ3) is 4.02. The molecule has 1 aliphatic heterocycles. The molecule has 1 saturated heterocycles. The van der Waals surface area contributed by atoms with Crippen LogP contribution in [0.15, 0.2) is 42.7 Å². The molecule has 5 nitrogen and oxygen atoms in total. The summed E-state index contributed by atoms with van der Waals surface area (Å²) >= 11 is 0. The number of aromatic nitrogens is 2. The van der Waals surface area contributed by atoms with E-state index in [0.717, 1.165) is 31.5 Å². The molecule has 1 fully saturated rings. The van der Waals surface area contributed by atoms with E-state index in [-0.39, 0.29) is 24.2 Å². The third-order valence-corrected chi connectivity index (χ3v) is 3.62. The standard InChI is InChI=1S/C16H18N4O.ClH/c21-16(13-7-4-8-17-9-13)20-14-10-18-15(19-11-14)12-5-2-1-3-6-12;/h1-3,5-6,10-11,13,17H,4,7-9H2,(H,20,21);1H. The Morgan fingerprint density at radius 1 is 1.18 bits per heavy atom. The minimum absolute atomic E-state index is 0. The number of carbonyl (C=O) groups excluding carboxylic acids is 1. The smallest absolute Gasteiger partial charge is 0.228 e. The van der Waals surface area contributed by atoms with Crippen molar-refractivity contribution in [3.05, 3.63) is 42.7 Å². The Morgan fingerprint density at radius 2 is 1.91 bits per heavy atom. The Morgan fingerprint density at radius 3 is 2.55 bits per heavy atom. The normalized spacial score (nSPS) is 17.4. The van der Waals surface area contributed by atoms with Crippen molar-refractivity contribution >= 4 is 24.0 Å². The van der Waals surface area contributed by atoms with Crippen molar-refractivity contribution in [1.82, 2.24) is 15.3 Å². The number of benzene rings is 1. The highest BCUT2D eigenvalue weighted by Crippen LogP contribution is 2.16. The first-order valence-corrected chi connectivity index (χ1v) is 7.22. The predicted molar refractivity (Wildman–Crippen MR) is 88.9 cm³/mol. The van der Waals surface area contributed by atoms with Crippen molar-refractivity contribution in [2.24, 2.45) is 5.92 Å². The molecule has 0 radical (unpaired) electrons. The van der Waals surface area contributed by atoms with Crippen molar-refractivity contribution in [2.75, 3.05) is 18.4 Å². The minimum atomic E-state index is 0. The molecule has 1 atom stereocenters. The highest BCUT2D eigenvalue weighted by atomic mass is 35.5. The summed E-state index contributed by atoms with van der Waals surface area (Å²) in [5.41, 5.74) is 1.61. The maximum Gasteiger partial charge on any atom is 0.228 e. The van der Waals surface area contributed by atoms with Crippen LogP contribution in [-0.4, -0.2) is 29.0 Å². The van der Waals surface area contributed by atoms with Crippen LogP contribution in [0.25, 0.3) is 11.4 Å². The lowest BCUT2D eigenvalue weighted by Crippen LogP contribution is -2.37. The number of rotatable bonds is 3. The Balaban J connectivity index is 0.00000176. The van der Waals surface area contributed by atoms with Gasteiger partial charge in [0.2, 0.25) is 5.91 Å². The minimum Gasteiger partial charge on any atom is -0.323 e. The molecule has 6 heteroatoms. The Hall–Kier alpha value is -1.98. The maximum atomic E-state index is 12.1. The molecule has 1 aliphatic rings. The van der Waals surface area contributed by atoms with Gasteiger partial charge in [0, 0.05) is 12.1 Å². The summed E-state index contributed by atoms with van der Waals surface area (Å²) in [6.07, 6.45) is 5.29. The van der Waals surface area contributed by atoms with Crippen molar-refractivity contribution < 1.29 is 4.79 Å². The molecule has 3 rings (SSSR count). The number of amides is 1. The van der Waals surface area contributed by atoms with E-state index in [2.05, 4.69) is 20.6 Å². The summed E-state index contributed by atoms with van der Waals surface area (Å²) in [4.78, 5) is 20.7. The van der Waals surface area contributed by atoms with Crippen LogP contribution in [-0.2, 0) is 4.79 Å². The van der Waals surface area contributed by atoms with E-state index in [4.69, 9.17) is 0 Å². The Labute approximate surface area is 136 Å². The Kier molecular flexibility index (Phi) is 5.86. The van der Waals surface area contributed by atoms with Gasteiger partial charge in [0.1, 0.15) is 0 Å². The van der Waals surface area contributed by atoms with E-state index >= 15 is 0 Å². The molecule has 1 unspecified atom stereocenters. The first-order valence-electron chi connectivity index (χ1n) is 7.22. The number of hydrogen-bond donors (Lipinski definition) is 2. The molecular formula is C16H19ClN4O. The molecule has 1 amide bonds. The largest absolute Gasteiger partial charge is 0.323 e. The summed E-state index contributed by atoms with van der Waals surface area (Å²) in [7, 11) is 0. The second-order valence-corrected chi connectivity index (χ2v) is 5.19. The van der Waals surface area contributed by atoms with Crippen LogP contribution in [0, 0.1) is 5.92 Å². The summed E-state index contributed by atoms with van der Waals surface area (Å²) < 4.78 is 0. The number of nitrogens with one attached hydrogen (secondary N) is 2. The first-order chi connectivity index (χ1) is 10.3. The van der Waals surface area contributed by atoms with Gasteiger partial charge >= 0.3 is 0 Å². The average Bonchev–Trinajstić information content (AvgIpc) is 2.57. The van der Waals surface area contributed by atoms with Crippen LogP contribution in [0.5, 0.6) is 0 Å².